The third-order valence-corrected chi connectivity index (χ3v) is 4.99. The van der Waals surface area contributed by atoms with Gasteiger partial charge in [0, 0.05) is 25.7 Å². The molecule has 1 aromatic rings. The average Bonchev–Trinajstić information content (AvgIpc) is 2.90. The Balaban J connectivity index is 1.56. The SMILES string of the molecule is NC(CN1CCc2ccccc2CC1)C1CCCC1. The van der Waals surface area contributed by atoms with Crippen molar-refractivity contribution in [3.8, 4) is 0 Å². The molecule has 3 rings (SSSR count). The van der Waals surface area contributed by atoms with E-state index in [2.05, 4.69) is 29.2 Å². The third kappa shape index (κ3) is 3.18. The molecule has 1 unspecified atom stereocenters. The van der Waals surface area contributed by atoms with Crippen LogP contribution in [0.15, 0.2) is 24.3 Å². The minimum Gasteiger partial charge on any atom is -0.326 e. The first-order valence-electron chi connectivity index (χ1n) is 7.87. The Hall–Kier alpha value is -0.860. The molecule has 19 heavy (non-hydrogen) atoms. The normalized spacial score (nSPS) is 23.0. The van der Waals surface area contributed by atoms with Gasteiger partial charge in [-0.3, -0.25) is 0 Å². The lowest BCUT2D eigenvalue weighted by Crippen LogP contribution is -2.42. The molecule has 1 aliphatic heterocycles. The Morgan fingerprint density at radius 2 is 1.63 bits per heavy atom. The van der Waals surface area contributed by atoms with Crippen molar-refractivity contribution in [2.75, 3.05) is 19.6 Å². The lowest BCUT2D eigenvalue weighted by molar-refractivity contribution is 0.239. The van der Waals surface area contributed by atoms with Crippen molar-refractivity contribution in [1.82, 2.24) is 4.90 Å². The summed E-state index contributed by atoms with van der Waals surface area (Å²) in [6.45, 7) is 3.45. The van der Waals surface area contributed by atoms with Crippen LogP contribution in [0.5, 0.6) is 0 Å². The van der Waals surface area contributed by atoms with Gasteiger partial charge in [-0.05, 0) is 42.7 Å². The molecular formula is C17H26N2. The Bertz CT molecular complexity index is 382. The molecule has 0 radical (unpaired) electrons. The maximum atomic E-state index is 6.42. The summed E-state index contributed by atoms with van der Waals surface area (Å²) >= 11 is 0. The molecule has 2 nitrogen and oxygen atoms in total. The summed E-state index contributed by atoms with van der Waals surface area (Å²) in [4.78, 5) is 2.59. The van der Waals surface area contributed by atoms with Gasteiger partial charge in [0.15, 0.2) is 0 Å². The topological polar surface area (TPSA) is 29.3 Å². The van der Waals surface area contributed by atoms with E-state index in [1.54, 1.807) is 11.1 Å². The molecule has 1 aliphatic carbocycles. The van der Waals surface area contributed by atoms with Gasteiger partial charge in [0.05, 0.1) is 0 Å². The fraction of sp³-hybridized carbons (Fsp3) is 0.647. The smallest absolute Gasteiger partial charge is 0.0196 e. The summed E-state index contributed by atoms with van der Waals surface area (Å²) in [7, 11) is 0. The summed E-state index contributed by atoms with van der Waals surface area (Å²) in [5.74, 6) is 0.783. The first kappa shape index (κ1) is 13.1. The van der Waals surface area contributed by atoms with Crippen LogP contribution in [0, 0.1) is 5.92 Å². The van der Waals surface area contributed by atoms with Crippen LogP contribution in [-0.2, 0) is 12.8 Å². The van der Waals surface area contributed by atoms with Gasteiger partial charge in [-0.1, -0.05) is 37.1 Å². The lowest BCUT2D eigenvalue weighted by Gasteiger charge is -2.27. The van der Waals surface area contributed by atoms with E-state index in [9.17, 15) is 0 Å². The summed E-state index contributed by atoms with van der Waals surface area (Å²) < 4.78 is 0. The summed E-state index contributed by atoms with van der Waals surface area (Å²) in [5, 5.41) is 0. The fourth-order valence-electron chi connectivity index (χ4n) is 3.73. The lowest BCUT2D eigenvalue weighted by atomic mass is 9.98. The molecule has 0 bridgehead atoms. The largest absolute Gasteiger partial charge is 0.326 e. The van der Waals surface area contributed by atoms with E-state index in [1.807, 2.05) is 0 Å². The highest BCUT2D eigenvalue weighted by molar-refractivity contribution is 5.28. The number of benzene rings is 1. The summed E-state index contributed by atoms with van der Waals surface area (Å²) in [5.41, 5.74) is 9.51. The van der Waals surface area contributed by atoms with Gasteiger partial charge in [-0.2, -0.15) is 0 Å². The highest BCUT2D eigenvalue weighted by Crippen LogP contribution is 2.27. The predicted molar refractivity (Wildman–Crippen MR) is 80.2 cm³/mol. The fourth-order valence-corrected chi connectivity index (χ4v) is 3.73. The van der Waals surface area contributed by atoms with Gasteiger partial charge in [0.25, 0.3) is 0 Å². The molecule has 1 saturated carbocycles. The van der Waals surface area contributed by atoms with E-state index in [0.29, 0.717) is 6.04 Å². The van der Waals surface area contributed by atoms with Crippen molar-refractivity contribution in [3.05, 3.63) is 35.4 Å². The molecule has 104 valence electrons. The number of nitrogens with zero attached hydrogens (tertiary/aromatic N) is 1. The molecule has 1 aromatic carbocycles. The van der Waals surface area contributed by atoms with E-state index in [-0.39, 0.29) is 0 Å². The van der Waals surface area contributed by atoms with Gasteiger partial charge < -0.3 is 10.6 Å². The van der Waals surface area contributed by atoms with Crippen molar-refractivity contribution in [2.45, 2.75) is 44.6 Å². The highest BCUT2D eigenvalue weighted by Gasteiger charge is 2.24. The maximum Gasteiger partial charge on any atom is 0.0196 e. The van der Waals surface area contributed by atoms with Crippen molar-refractivity contribution in [1.29, 1.82) is 0 Å². The third-order valence-electron chi connectivity index (χ3n) is 4.99. The van der Waals surface area contributed by atoms with Crippen LogP contribution in [0.2, 0.25) is 0 Å². The number of rotatable bonds is 3. The molecule has 2 N–H and O–H groups in total. The average molecular weight is 258 g/mol. The maximum absolute atomic E-state index is 6.42. The van der Waals surface area contributed by atoms with E-state index < -0.39 is 0 Å². The van der Waals surface area contributed by atoms with E-state index in [0.717, 1.165) is 12.5 Å². The monoisotopic (exact) mass is 258 g/mol. The molecule has 1 atom stereocenters. The number of fused-ring (bicyclic) bond motifs is 1. The predicted octanol–water partition coefficient (Wildman–Crippen LogP) is 2.60. The van der Waals surface area contributed by atoms with Gasteiger partial charge >= 0.3 is 0 Å². The van der Waals surface area contributed by atoms with E-state index in [1.165, 1.54) is 51.6 Å². The first-order valence-corrected chi connectivity index (χ1v) is 7.87. The van der Waals surface area contributed by atoms with E-state index >= 15 is 0 Å². The second-order valence-corrected chi connectivity index (χ2v) is 6.28. The number of hydrogen-bond donors (Lipinski definition) is 1. The zero-order valence-corrected chi connectivity index (χ0v) is 11.9. The molecule has 0 saturated heterocycles. The van der Waals surface area contributed by atoms with Gasteiger partial charge in [-0.15, -0.1) is 0 Å². The second-order valence-electron chi connectivity index (χ2n) is 6.28. The standard InChI is InChI=1S/C17H26N2/c18-17(16-7-3-4-8-16)13-19-11-9-14-5-1-2-6-15(14)10-12-19/h1-2,5-6,16-17H,3-4,7-13,18H2. The Morgan fingerprint density at radius 1 is 1.05 bits per heavy atom. The molecule has 0 spiro atoms. The molecule has 0 amide bonds. The van der Waals surface area contributed by atoms with Crippen molar-refractivity contribution < 1.29 is 0 Å². The van der Waals surface area contributed by atoms with E-state index in [4.69, 9.17) is 5.73 Å². The Labute approximate surface area is 117 Å². The second kappa shape index (κ2) is 6.06. The first-order chi connectivity index (χ1) is 9.33. The number of hydrogen-bond acceptors (Lipinski definition) is 2. The van der Waals surface area contributed by atoms with Gasteiger partial charge in [-0.25, -0.2) is 0 Å². The molecule has 1 heterocycles. The molecule has 2 heteroatoms. The zero-order chi connectivity index (χ0) is 13.1. The summed E-state index contributed by atoms with van der Waals surface area (Å²) in [6.07, 6.45) is 7.87. The number of nitrogens with two attached hydrogens (primary N) is 1. The van der Waals surface area contributed by atoms with Gasteiger partial charge in [0.1, 0.15) is 0 Å². The Morgan fingerprint density at radius 3 is 2.21 bits per heavy atom. The Kier molecular flexibility index (Phi) is 4.19. The minimum absolute atomic E-state index is 0.392. The van der Waals surface area contributed by atoms with Crippen molar-refractivity contribution in [3.63, 3.8) is 0 Å². The van der Waals surface area contributed by atoms with Crippen LogP contribution in [0.25, 0.3) is 0 Å². The van der Waals surface area contributed by atoms with Crippen LogP contribution < -0.4 is 5.73 Å². The van der Waals surface area contributed by atoms with Crippen LogP contribution in [0.4, 0.5) is 0 Å². The quantitative estimate of drug-likeness (QED) is 0.903. The molecule has 1 fully saturated rings. The van der Waals surface area contributed by atoms with Crippen LogP contribution >= 0.6 is 0 Å². The summed E-state index contributed by atoms with van der Waals surface area (Å²) in [6, 6.07) is 9.30. The van der Waals surface area contributed by atoms with Crippen LogP contribution in [0.1, 0.15) is 36.8 Å². The zero-order valence-electron chi connectivity index (χ0n) is 11.9. The van der Waals surface area contributed by atoms with Gasteiger partial charge in [0.2, 0.25) is 0 Å². The van der Waals surface area contributed by atoms with Crippen LogP contribution in [-0.4, -0.2) is 30.6 Å². The van der Waals surface area contributed by atoms with Crippen molar-refractivity contribution in [2.24, 2.45) is 11.7 Å². The minimum atomic E-state index is 0.392. The van der Waals surface area contributed by atoms with Crippen molar-refractivity contribution >= 4 is 0 Å². The molecular weight excluding hydrogens is 232 g/mol. The molecule has 2 aliphatic rings. The highest BCUT2D eigenvalue weighted by atomic mass is 15.1. The van der Waals surface area contributed by atoms with Crippen LogP contribution in [0.3, 0.4) is 0 Å². The molecule has 0 aromatic heterocycles.